The van der Waals surface area contributed by atoms with Crippen LogP contribution in [0.2, 0.25) is 0 Å². The lowest BCUT2D eigenvalue weighted by molar-refractivity contribution is 0.0488. The number of carbonyl (C=O) groups is 1. The van der Waals surface area contributed by atoms with E-state index < -0.39 is 5.60 Å². The van der Waals surface area contributed by atoms with Crippen LogP contribution in [0.15, 0.2) is 30.3 Å². The summed E-state index contributed by atoms with van der Waals surface area (Å²) in [5.74, 6) is 1.44. The zero-order chi connectivity index (χ0) is 15.7. The molecule has 2 bridgehead atoms. The van der Waals surface area contributed by atoms with Crippen molar-refractivity contribution in [2.75, 3.05) is 13.1 Å². The fraction of sp³-hybridized carbons (Fsp3) is 0.611. The van der Waals surface area contributed by atoms with Gasteiger partial charge in [-0.3, -0.25) is 0 Å². The van der Waals surface area contributed by atoms with Gasteiger partial charge in [0.15, 0.2) is 0 Å². The summed E-state index contributed by atoms with van der Waals surface area (Å²) in [6.45, 7) is 7.70. The van der Waals surface area contributed by atoms with Crippen molar-refractivity contribution >= 4 is 6.09 Å². The Morgan fingerprint density at radius 3 is 2.55 bits per heavy atom. The van der Waals surface area contributed by atoms with Gasteiger partial charge in [0.2, 0.25) is 0 Å². The first-order valence-corrected chi connectivity index (χ1v) is 8.19. The van der Waals surface area contributed by atoms with Crippen LogP contribution in [0.4, 0.5) is 4.79 Å². The minimum absolute atomic E-state index is 0.150. The topological polar surface area (TPSA) is 50.4 Å². The predicted octanol–water partition coefficient (Wildman–Crippen LogP) is 2.90. The minimum atomic E-state index is -0.460. The smallest absolute Gasteiger partial charge is 0.407 e. The van der Waals surface area contributed by atoms with Gasteiger partial charge in [-0.1, -0.05) is 30.3 Å². The van der Waals surface area contributed by atoms with Crippen molar-refractivity contribution in [2.45, 2.75) is 44.8 Å². The van der Waals surface area contributed by atoms with E-state index in [-0.39, 0.29) is 12.1 Å². The molecule has 1 aromatic rings. The molecule has 1 saturated carbocycles. The molecule has 0 aromatic heterocycles. The van der Waals surface area contributed by atoms with E-state index in [1.54, 1.807) is 0 Å². The largest absolute Gasteiger partial charge is 0.444 e. The van der Waals surface area contributed by atoms with Gasteiger partial charge in [0, 0.05) is 12.0 Å². The number of hydrogen-bond acceptors (Lipinski definition) is 3. The van der Waals surface area contributed by atoms with Gasteiger partial charge in [-0.05, 0) is 57.7 Å². The summed E-state index contributed by atoms with van der Waals surface area (Å²) in [7, 11) is 0. The van der Waals surface area contributed by atoms with Crippen molar-refractivity contribution in [3.05, 3.63) is 35.9 Å². The molecule has 1 aromatic carbocycles. The summed E-state index contributed by atoms with van der Waals surface area (Å²) in [6.07, 6.45) is 0.874. The van der Waals surface area contributed by atoms with Gasteiger partial charge in [-0.2, -0.15) is 0 Å². The van der Waals surface area contributed by atoms with Gasteiger partial charge in [-0.15, -0.1) is 0 Å². The highest BCUT2D eigenvalue weighted by Gasteiger charge is 2.46. The third-order valence-electron chi connectivity index (χ3n) is 4.69. The van der Waals surface area contributed by atoms with Crippen molar-refractivity contribution in [2.24, 2.45) is 11.8 Å². The maximum atomic E-state index is 12.2. The number of fused-ring (bicyclic) bond motifs is 2. The molecule has 0 unspecified atom stereocenters. The fourth-order valence-electron chi connectivity index (χ4n) is 3.95. The lowest BCUT2D eigenvalue weighted by Crippen LogP contribution is -2.44. The lowest BCUT2D eigenvalue weighted by atomic mass is 9.86. The molecule has 1 aliphatic carbocycles. The molecule has 1 saturated heterocycles. The van der Waals surface area contributed by atoms with E-state index in [1.165, 1.54) is 12.0 Å². The van der Waals surface area contributed by atoms with E-state index in [9.17, 15) is 4.79 Å². The molecule has 1 aliphatic heterocycles. The van der Waals surface area contributed by atoms with Gasteiger partial charge >= 0.3 is 6.09 Å². The normalized spacial score (nSPS) is 30.9. The predicted molar refractivity (Wildman–Crippen MR) is 86.8 cm³/mol. The Morgan fingerprint density at radius 1 is 1.18 bits per heavy atom. The van der Waals surface area contributed by atoms with Gasteiger partial charge in [0.25, 0.3) is 0 Å². The lowest BCUT2D eigenvalue weighted by Gasteiger charge is -2.28. The Morgan fingerprint density at radius 2 is 1.86 bits per heavy atom. The summed E-state index contributed by atoms with van der Waals surface area (Å²) in [6, 6.07) is 10.7. The van der Waals surface area contributed by atoms with Gasteiger partial charge in [0.05, 0.1) is 0 Å². The highest BCUT2D eigenvalue weighted by Crippen LogP contribution is 2.44. The molecular weight excluding hydrogens is 276 g/mol. The quantitative estimate of drug-likeness (QED) is 0.883. The Kier molecular flexibility index (Phi) is 4.13. The van der Waals surface area contributed by atoms with Crippen molar-refractivity contribution < 1.29 is 9.53 Å². The monoisotopic (exact) mass is 302 g/mol. The molecule has 120 valence electrons. The highest BCUT2D eigenvalue weighted by molar-refractivity contribution is 5.68. The van der Waals surface area contributed by atoms with E-state index in [0.717, 1.165) is 13.1 Å². The van der Waals surface area contributed by atoms with Crippen LogP contribution < -0.4 is 10.6 Å². The number of amides is 1. The number of hydrogen-bond donors (Lipinski definition) is 2. The highest BCUT2D eigenvalue weighted by atomic mass is 16.6. The minimum Gasteiger partial charge on any atom is -0.444 e. The second-order valence-electron chi connectivity index (χ2n) is 7.52. The van der Waals surface area contributed by atoms with Crippen LogP contribution >= 0.6 is 0 Å². The molecule has 4 heteroatoms. The first-order chi connectivity index (χ1) is 10.4. The molecule has 1 amide bonds. The summed E-state index contributed by atoms with van der Waals surface area (Å²) in [4.78, 5) is 12.2. The first-order valence-electron chi connectivity index (χ1n) is 8.19. The number of piperidine rings is 1. The maximum absolute atomic E-state index is 12.2. The van der Waals surface area contributed by atoms with Crippen molar-refractivity contribution in [3.63, 3.8) is 0 Å². The van der Waals surface area contributed by atoms with E-state index in [2.05, 4.69) is 34.9 Å². The van der Waals surface area contributed by atoms with E-state index in [1.807, 2.05) is 26.8 Å². The van der Waals surface area contributed by atoms with E-state index >= 15 is 0 Å². The maximum Gasteiger partial charge on any atom is 0.407 e. The number of nitrogens with one attached hydrogen (secondary N) is 2. The van der Waals surface area contributed by atoms with Crippen LogP contribution in [-0.2, 0) is 4.74 Å². The Bertz CT molecular complexity index is 524. The molecule has 22 heavy (non-hydrogen) atoms. The van der Waals surface area contributed by atoms with Crippen molar-refractivity contribution in [1.29, 1.82) is 0 Å². The summed E-state index contributed by atoms with van der Waals surface area (Å²) in [5, 5.41) is 6.66. The standard InChI is InChI=1S/C18H26N2O2/c1-18(2,3)22-17(21)20-16-14-9-13(10-19-11-14)15(16)12-7-5-4-6-8-12/h4-8,13-16,19H,9-11H2,1-3H3,(H,20,21)/t13-,14+,15-,16-/m1/s1. The van der Waals surface area contributed by atoms with E-state index in [0.29, 0.717) is 17.8 Å². The Balaban J connectivity index is 1.79. The van der Waals surface area contributed by atoms with Crippen LogP contribution in [0.25, 0.3) is 0 Å². The first kappa shape index (κ1) is 15.3. The number of ether oxygens (including phenoxy) is 1. The number of alkyl carbamates (subject to hydrolysis) is 1. The molecular formula is C18H26N2O2. The van der Waals surface area contributed by atoms with E-state index in [4.69, 9.17) is 4.74 Å². The molecule has 2 N–H and O–H groups in total. The summed E-state index contributed by atoms with van der Waals surface area (Å²) >= 11 is 0. The van der Waals surface area contributed by atoms with Gasteiger partial charge in [0.1, 0.15) is 5.60 Å². The second kappa shape index (κ2) is 5.92. The fourth-order valence-corrected chi connectivity index (χ4v) is 3.95. The number of benzene rings is 1. The zero-order valence-electron chi connectivity index (χ0n) is 13.6. The average Bonchev–Trinajstić information content (AvgIpc) is 2.68. The third kappa shape index (κ3) is 3.27. The average molecular weight is 302 g/mol. The molecule has 0 spiro atoms. The molecule has 4 nitrogen and oxygen atoms in total. The molecule has 1 heterocycles. The number of rotatable bonds is 2. The van der Waals surface area contributed by atoms with Crippen LogP contribution in [0.1, 0.15) is 38.7 Å². The zero-order valence-corrected chi connectivity index (χ0v) is 13.6. The van der Waals surface area contributed by atoms with Crippen LogP contribution in [0.3, 0.4) is 0 Å². The molecule has 3 rings (SSSR count). The SMILES string of the molecule is CC(C)(C)OC(=O)N[C@@H]1[C@@H]2CNC[C@@H](C2)[C@H]1c1ccccc1. The summed E-state index contributed by atoms with van der Waals surface area (Å²) < 4.78 is 5.46. The van der Waals surface area contributed by atoms with Crippen molar-refractivity contribution in [3.8, 4) is 0 Å². The van der Waals surface area contributed by atoms with Crippen molar-refractivity contribution in [1.82, 2.24) is 10.6 Å². The van der Waals surface area contributed by atoms with Gasteiger partial charge < -0.3 is 15.4 Å². The Labute approximate surface area is 132 Å². The Hall–Kier alpha value is -1.55. The second-order valence-corrected chi connectivity index (χ2v) is 7.52. The van der Waals surface area contributed by atoms with Crippen LogP contribution in [-0.4, -0.2) is 30.8 Å². The molecule has 0 radical (unpaired) electrons. The molecule has 2 fully saturated rings. The van der Waals surface area contributed by atoms with Crippen LogP contribution in [0.5, 0.6) is 0 Å². The van der Waals surface area contributed by atoms with Gasteiger partial charge in [-0.25, -0.2) is 4.79 Å². The summed E-state index contributed by atoms with van der Waals surface area (Å²) in [5.41, 5.74) is 0.859. The third-order valence-corrected chi connectivity index (χ3v) is 4.69. The molecule has 4 atom stereocenters. The molecule has 2 aliphatic rings. The number of carbonyl (C=O) groups excluding carboxylic acids is 1. The van der Waals surface area contributed by atoms with Crippen LogP contribution in [0, 0.1) is 11.8 Å².